The molecule has 5 rings (SSSR count). The Morgan fingerprint density at radius 3 is 2.27 bits per heavy atom. The van der Waals surface area contributed by atoms with Crippen LogP contribution in [-0.4, -0.2) is 19.1 Å². The van der Waals surface area contributed by atoms with Crippen molar-refractivity contribution in [3.8, 4) is 17.2 Å². The molecular formula is C32H29NO4. The lowest BCUT2D eigenvalue weighted by Gasteiger charge is -2.22. The molecule has 0 saturated carbocycles. The van der Waals surface area contributed by atoms with Gasteiger partial charge >= 0.3 is 0 Å². The zero-order chi connectivity index (χ0) is 25.6. The van der Waals surface area contributed by atoms with Crippen LogP contribution in [0.2, 0.25) is 0 Å². The third kappa shape index (κ3) is 5.67. The van der Waals surface area contributed by atoms with Crippen molar-refractivity contribution < 1.29 is 19.0 Å². The first-order valence-electron chi connectivity index (χ1n) is 12.3. The smallest absolute Gasteiger partial charge is 0.248 e. The number of hydrogen-bond donors (Lipinski definition) is 1. The Labute approximate surface area is 217 Å². The van der Waals surface area contributed by atoms with Gasteiger partial charge in [-0.3, -0.25) is 4.79 Å². The fourth-order valence-corrected chi connectivity index (χ4v) is 4.48. The SMILES string of the molecule is COc1cccc(NC(=O)/C=C(\C)C2Cc3cccc(OC(c4ccccc4)c4ccccc4)c3O2)c1. The van der Waals surface area contributed by atoms with Crippen LogP contribution in [0.15, 0.2) is 115 Å². The molecule has 0 saturated heterocycles. The minimum absolute atomic E-state index is 0.213. The normalized spacial score (nSPS) is 14.6. The van der Waals surface area contributed by atoms with Crippen LogP contribution in [0.1, 0.15) is 29.7 Å². The van der Waals surface area contributed by atoms with E-state index in [1.165, 1.54) is 0 Å². The molecule has 4 aromatic rings. The molecule has 37 heavy (non-hydrogen) atoms. The van der Waals surface area contributed by atoms with Gasteiger partial charge in [-0.1, -0.05) is 78.9 Å². The number of ether oxygens (including phenoxy) is 3. The van der Waals surface area contributed by atoms with Crippen molar-refractivity contribution >= 4 is 11.6 Å². The number of carbonyl (C=O) groups is 1. The second-order valence-electron chi connectivity index (χ2n) is 8.98. The Balaban J connectivity index is 1.34. The summed E-state index contributed by atoms with van der Waals surface area (Å²) in [5, 5.41) is 2.89. The lowest BCUT2D eigenvalue weighted by Crippen LogP contribution is -2.18. The van der Waals surface area contributed by atoms with Crippen molar-refractivity contribution in [2.75, 3.05) is 12.4 Å². The molecule has 0 bridgehead atoms. The average molecular weight is 492 g/mol. The molecule has 5 heteroatoms. The Bertz CT molecular complexity index is 1360. The van der Waals surface area contributed by atoms with Crippen LogP contribution >= 0.6 is 0 Å². The summed E-state index contributed by atoms with van der Waals surface area (Å²) in [4.78, 5) is 12.7. The number of methoxy groups -OCH3 is 1. The third-order valence-corrected chi connectivity index (χ3v) is 6.38. The van der Waals surface area contributed by atoms with Crippen molar-refractivity contribution in [3.63, 3.8) is 0 Å². The van der Waals surface area contributed by atoms with Gasteiger partial charge in [0, 0.05) is 29.8 Å². The number of fused-ring (bicyclic) bond motifs is 1. The number of rotatable bonds is 8. The fourth-order valence-electron chi connectivity index (χ4n) is 4.48. The molecule has 1 amide bonds. The lowest BCUT2D eigenvalue weighted by atomic mass is 10.0. The zero-order valence-electron chi connectivity index (χ0n) is 20.9. The summed E-state index contributed by atoms with van der Waals surface area (Å²) in [6.07, 6.45) is 1.74. The first-order chi connectivity index (χ1) is 18.1. The van der Waals surface area contributed by atoms with Crippen LogP contribution in [-0.2, 0) is 11.2 Å². The molecule has 5 nitrogen and oxygen atoms in total. The molecule has 1 unspecified atom stereocenters. The summed E-state index contributed by atoms with van der Waals surface area (Å²) in [6.45, 7) is 1.92. The third-order valence-electron chi connectivity index (χ3n) is 6.38. The largest absolute Gasteiger partial charge is 0.497 e. The Morgan fingerprint density at radius 1 is 0.919 bits per heavy atom. The molecule has 1 N–H and O–H groups in total. The van der Waals surface area contributed by atoms with E-state index in [9.17, 15) is 4.79 Å². The number of amides is 1. The highest BCUT2D eigenvalue weighted by Gasteiger charge is 2.29. The van der Waals surface area contributed by atoms with Crippen molar-refractivity contribution in [3.05, 3.63) is 131 Å². The number of hydrogen-bond acceptors (Lipinski definition) is 4. The van der Waals surface area contributed by atoms with Gasteiger partial charge in [-0.2, -0.15) is 0 Å². The van der Waals surface area contributed by atoms with Gasteiger partial charge in [-0.25, -0.2) is 0 Å². The van der Waals surface area contributed by atoms with E-state index in [1.54, 1.807) is 19.3 Å². The van der Waals surface area contributed by atoms with Gasteiger partial charge in [0.25, 0.3) is 0 Å². The number of nitrogens with one attached hydrogen (secondary N) is 1. The Hall–Kier alpha value is -4.51. The van der Waals surface area contributed by atoms with E-state index < -0.39 is 0 Å². The summed E-state index contributed by atoms with van der Waals surface area (Å²) < 4.78 is 18.2. The maximum Gasteiger partial charge on any atom is 0.248 e. The van der Waals surface area contributed by atoms with Gasteiger partial charge in [0.1, 0.15) is 18.0 Å². The zero-order valence-corrected chi connectivity index (χ0v) is 20.9. The van der Waals surface area contributed by atoms with Crippen molar-refractivity contribution in [1.82, 2.24) is 0 Å². The molecule has 186 valence electrons. The lowest BCUT2D eigenvalue weighted by molar-refractivity contribution is -0.112. The predicted octanol–water partition coefficient (Wildman–Crippen LogP) is 6.75. The minimum Gasteiger partial charge on any atom is -0.497 e. The highest BCUT2D eigenvalue weighted by atomic mass is 16.5. The number of benzene rings is 4. The first kappa shape index (κ1) is 24.2. The van der Waals surface area contributed by atoms with E-state index in [4.69, 9.17) is 14.2 Å². The summed E-state index contributed by atoms with van der Waals surface area (Å²) in [7, 11) is 1.60. The van der Waals surface area contributed by atoms with Crippen LogP contribution in [0.3, 0.4) is 0 Å². The molecule has 4 aromatic carbocycles. The van der Waals surface area contributed by atoms with Gasteiger partial charge < -0.3 is 19.5 Å². The van der Waals surface area contributed by atoms with E-state index in [0.717, 1.165) is 28.0 Å². The van der Waals surface area contributed by atoms with Gasteiger partial charge in [0.2, 0.25) is 5.91 Å². The first-order valence-corrected chi connectivity index (χ1v) is 12.3. The molecule has 0 spiro atoms. The number of para-hydroxylation sites is 1. The van der Waals surface area contributed by atoms with Gasteiger partial charge in [-0.05, 0) is 41.8 Å². The van der Waals surface area contributed by atoms with Gasteiger partial charge in [0.05, 0.1) is 7.11 Å². The summed E-state index contributed by atoms with van der Waals surface area (Å²) >= 11 is 0. The van der Waals surface area contributed by atoms with Crippen molar-refractivity contribution in [2.45, 2.75) is 25.6 Å². The second kappa shape index (κ2) is 11.0. The summed E-state index contributed by atoms with van der Waals surface area (Å²) in [6, 6.07) is 33.6. The van der Waals surface area contributed by atoms with Crippen LogP contribution in [0.5, 0.6) is 17.2 Å². The molecule has 0 aliphatic carbocycles. The summed E-state index contributed by atoms with van der Waals surface area (Å²) in [5.74, 6) is 1.89. The molecule has 0 radical (unpaired) electrons. The molecule has 0 fully saturated rings. The monoisotopic (exact) mass is 491 g/mol. The Kier molecular flexibility index (Phi) is 7.22. The summed E-state index contributed by atoms with van der Waals surface area (Å²) in [5.41, 5.74) is 4.69. The van der Waals surface area contributed by atoms with Crippen LogP contribution in [0, 0.1) is 0 Å². The minimum atomic E-state index is -0.276. The van der Waals surface area contributed by atoms with E-state index in [1.807, 2.05) is 79.7 Å². The molecule has 1 aliphatic rings. The standard InChI is InChI=1S/C32H29NO4/c1-22(19-30(34)33-26-16-10-17-27(21-26)35-2)29-20-25-15-9-18-28(32(25)37-29)36-31(23-11-5-3-6-12-23)24-13-7-4-8-14-24/h3-19,21,29,31H,20H2,1-2H3,(H,33,34)/b22-19+. The maximum absolute atomic E-state index is 12.7. The highest BCUT2D eigenvalue weighted by Crippen LogP contribution is 2.42. The molecule has 1 aliphatic heterocycles. The average Bonchev–Trinajstić information content (AvgIpc) is 3.38. The van der Waals surface area contributed by atoms with E-state index in [0.29, 0.717) is 23.6 Å². The topological polar surface area (TPSA) is 56.8 Å². The van der Waals surface area contributed by atoms with Crippen LogP contribution < -0.4 is 19.5 Å². The molecule has 0 aromatic heterocycles. The van der Waals surface area contributed by atoms with E-state index in [-0.39, 0.29) is 18.1 Å². The van der Waals surface area contributed by atoms with Crippen molar-refractivity contribution in [1.29, 1.82) is 0 Å². The van der Waals surface area contributed by atoms with Gasteiger partial charge in [-0.15, -0.1) is 0 Å². The van der Waals surface area contributed by atoms with E-state index in [2.05, 4.69) is 29.6 Å². The highest BCUT2D eigenvalue weighted by molar-refractivity contribution is 5.99. The number of anilines is 1. The molecule has 1 heterocycles. The Morgan fingerprint density at radius 2 is 1.59 bits per heavy atom. The van der Waals surface area contributed by atoms with Crippen molar-refractivity contribution in [2.24, 2.45) is 0 Å². The second-order valence-corrected chi connectivity index (χ2v) is 8.98. The fraction of sp³-hybridized carbons (Fsp3) is 0.156. The van der Waals surface area contributed by atoms with Crippen LogP contribution in [0.4, 0.5) is 5.69 Å². The van der Waals surface area contributed by atoms with Gasteiger partial charge in [0.15, 0.2) is 11.5 Å². The number of carbonyl (C=O) groups excluding carboxylic acids is 1. The quantitative estimate of drug-likeness (QED) is 0.277. The molecule has 1 atom stereocenters. The maximum atomic E-state index is 12.7. The predicted molar refractivity (Wildman–Crippen MR) is 145 cm³/mol. The van der Waals surface area contributed by atoms with Crippen LogP contribution in [0.25, 0.3) is 0 Å². The molecular weight excluding hydrogens is 462 g/mol. The van der Waals surface area contributed by atoms with E-state index >= 15 is 0 Å².